The minimum absolute atomic E-state index is 0.221. The molecule has 0 bridgehead atoms. The van der Waals surface area contributed by atoms with Crippen LogP contribution in [0.4, 0.5) is 22.0 Å². The highest BCUT2D eigenvalue weighted by atomic mass is 28.4. The lowest BCUT2D eigenvalue weighted by molar-refractivity contribution is -0.147. The average Bonchev–Trinajstić information content (AvgIpc) is 2.60. The van der Waals surface area contributed by atoms with Gasteiger partial charge in [-0.05, 0) is 6.42 Å². The van der Waals surface area contributed by atoms with Crippen molar-refractivity contribution in [2.75, 3.05) is 6.54 Å². The van der Waals surface area contributed by atoms with Crippen LogP contribution in [0.5, 0.6) is 0 Å². The fraction of sp³-hybridized carbons (Fsp3) is 0.375. The summed E-state index contributed by atoms with van der Waals surface area (Å²) in [5, 5.41) is 1.91. The molecule has 0 aliphatic rings. The van der Waals surface area contributed by atoms with Gasteiger partial charge in [0.15, 0.2) is 23.3 Å². The molecule has 30 heavy (non-hydrogen) atoms. The van der Waals surface area contributed by atoms with E-state index in [-0.39, 0.29) is 12.5 Å². The van der Waals surface area contributed by atoms with Crippen LogP contribution in [0, 0.1) is 29.1 Å². The molecule has 8 nitrogen and oxygen atoms in total. The molecule has 0 aliphatic heterocycles. The number of carbonyl (C=O) groups excluding carboxylic acids is 4. The van der Waals surface area contributed by atoms with Crippen molar-refractivity contribution in [2.45, 2.75) is 33.2 Å². The minimum Gasteiger partial charge on any atom is -0.455 e. The third-order valence-corrected chi connectivity index (χ3v) is 6.04. The maximum atomic E-state index is 13.6. The first kappa shape index (κ1) is 25.0. The van der Waals surface area contributed by atoms with Crippen molar-refractivity contribution < 1.29 is 54.4 Å². The maximum Gasteiger partial charge on any atom is 0.705 e. The molecule has 0 radical (unpaired) electrons. The first-order chi connectivity index (χ1) is 13.8. The van der Waals surface area contributed by atoms with Crippen LogP contribution in [0.3, 0.4) is 0 Å². The summed E-state index contributed by atoms with van der Waals surface area (Å²) in [4.78, 5) is 45.7. The van der Waals surface area contributed by atoms with Crippen LogP contribution in [0.25, 0.3) is 0 Å². The molecular formula is C16H16F5NO7Si. The van der Waals surface area contributed by atoms with E-state index in [4.69, 9.17) is 13.3 Å². The number of hydrogen-bond donors (Lipinski definition) is 1. The molecule has 0 spiro atoms. The zero-order valence-electron chi connectivity index (χ0n) is 15.9. The molecule has 0 fully saturated rings. The first-order valence-corrected chi connectivity index (χ1v) is 10.1. The summed E-state index contributed by atoms with van der Waals surface area (Å²) in [6.45, 7) is 2.43. The Labute approximate surface area is 167 Å². The second-order valence-corrected chi connectivity index (χ2v) is 8.25. The summed E-state index contributed by atoms with van der Waals surface area (Å²) in [5.74, 6) is -16.0. The van der Waals surface area contributed by atoms with Gasteiger partial charge in [0.25, 0.3) is 23.8 Å². The van der Waals surface area contributed by atoms with Crippen molar-refractivity contribution in [3.63, 3.8) is 0 Å². The molecule has 0 saturated carbocycles. The van der Waals surface area contributed by atoms with Crippen molar-refractivity contribution >= 4 is 32.6 Å². The lowest BCUT2D eigenvalue weighted by atomic mass is 10.1. The van der Waals surface area contributed by atoms with Crippen LogP contribution in [0.2, 0.25) is 6.04 Å². The first-order valence-electron chi connectivity index (χ1n) is 8.19. The standard InChI is InChI=1S/C16H16F5NO7Si/c1-7(23)27-30(28-8(2)24,29-9(3)25)6-4-5-22-16(26)10-11(17)13(19)15(21)14(20)12(10)18/h4-6H2,1-3H3,(H,22,26). The largest absolute Gasteiger partial charge is 0.705 e. The monoisotopic (exact) mass is 457 g/mol. The van der Waals surface area contributed by atoms with Crippen molar-refractivity contribution in [2.24, 2.45) is 0 Å². The number of amides is 1. The van der Waals surface area contributed by atoms with Gasteiger partial charge in [-0.1, -0.05) is 0 Å². The van der Waals surface area contributed by atoms with E-state index < -0.39 is 73.8 Å². The highest BCUT2D eigenvalue weighted by Gasteiger charge is 2.51. The predicted molar refractivity (Wildman–Crippen MR) is 89.0 cm³/mol. The summed E-state index contributed by atoms with van der Waals surface area (Å²) in [6, 6.07) is -0.386. The van der Waals surface area contributed by atoms with Gasteiger partial charge >= 0.3 is 8.80 Å². The number of benzene rings is 1. The van der Waals surface area contributed by atoms with Gasteiger partial charge in [0.2, 0.25) is 5.82 Å². The molecule has 1 amide bonds. The van der Waals surface area contributed by atoms with E-state index in [1.165, 1.54) is 0 Å². The van der Waals surface area contributed by atoms with Crippen LogP contribution >= 0.6 is 0 Å². The lowest BCUT2D eigenvalue weighted by Gasteiger charge is -2.26. The number of carbonyl (C=O) groups is 4. The second kappa shape index (κ2) is 10.1. The zero-order chi connectivity index (χ0) is 23.2. The Kier molecular flexibility index (Phi) is 8.45. The van der Waals surface area contributed by atoms with E-state index in [1.54, 1.807) is 0 Å². The molecular weight excluding hydrogens is 441 g/mol. The molecule has 1 rings (SSSR count). The molecule has 1 aromatic rings. The summed E-state index contributed by atoms with van der Waals surface area (Å²) >= 11 is 0. The Morgan fingerprint density at radius 2 is 1.10 bits per heavy atom. The lowest BCUT2D eigenvalue weighted by Crippen LogP contribution is -2.49. The van der Waals surface area contributed by atoms with Crippen LogP contribution in [0.15, 0.2) is 0 Å². The van der Waals surface area contributed by atoms with Gasteiger partial charge in [0.05, 0.1) is 6.04 Å². The second-order valence-electron chi connectivity index (χ2n) is 5.77. The molecule has 0 aromatic heterocycles. The summed E-state index contributed by atoms with van der Waals surface area (Å²) in [6.07, 6.45) is -0.221. The molecule has 0 atom stereocenters. The topological polar surface area (TPSA) is 108 Å². The number of halogens is 5. The Balaban J connectivity index is 2.93. The normalized spacial score (nSPS) is 10.9. The smallest absolute Gasteiger partial charge is 0.455 e. The van der Waals surface area contributed by atoms with Crippen molar-refractivity contribution in [3.05, 3.63) is 34.6 Å². The van der Waals surface area contributed by atoms with E-state index in [0.29, 0.717) is 0 Å². The molecule has 0 aliphatic carbocycles. The van der Waals surface area contributed by atoms with E-state index >= 15 is 0 Å². The number of rotatable bonds is 8. The van der Waals surface area contributed by atoms with Gasteiger partial charge in [-0.3, -0.25) is 19.2 Å². The fourth-order valence-electron chi connectivity index (χ4n) is 2.27. The maximum absolute atomic E-state index is 13.6. The molecule has 0 saturated heterocycles. The average molecular weight is 457 g/mol. The SMILES string of the molecule is CC(=O)O[Si](CCCNC(=O)c1c(F)c(F)c(F)c(F)c1F)(OC(C)=O)OC(C)=O. The molecule has 0 heterocycles. The van der Waals surface area contributed by atoms with Crippen LogP contribution in [0.1, 0.15) is 37.6 Å². The summed E-state index contributed by atoms with van der Waals surface area (Å²) < 4.78 is 81.3. The number of nitrogens with one attached hydrogen (secondary N) is 1. The molecule has 14 heteroatoms. The quantitative estimate of drug-likeness (QED) is 0.210. The molecule has 0 unspecified atom stereocenters. The van der Waals surface area contributed by atoms with Gasteiger partial charge in [-0.25, -0.2) is 22.0 Å². The van der Waals surface area contributed by atoms with E-state index in [0.717, 1.165) is 20.8 Å². The third-order valence-electron chi connectivity index (χ3n) is 3.28. The Morgan fingerprint density at radius 1 is 0.733 bits per heavy atom. The summed E-state index contributed by atoms with van der Waals surface area (Å²) in [7, 11) is -4.20. The van der Waals surface area contributed by atoms with Crippen molar-refractivity contribution in [3.8, 4) is 0 Å². The van der Waals surface area contributed by atoms with Crippen LogP contribution < -0.4 is 5.32 Å². The molecule has 1 N–H and O–H groups in total. The Hall–Kier alpha value is -3.03. The Bertz CT molecular complexity index is 810. The third kappa shape index (κ3) is 6.23. The van der Waals surface area contributed by atoms with E-state index in [9.17, 15) is 41.1 Å². The highest BCUT2D eigenvalue weighted by Crippen LogP contribution is 2.23. The van der Waals surface area contributed by atoms with E-state index in [1.807, 2.05) is 5.32 Å². The van der Waals surface area contributed by atoms with E-state index in [2.05, 4.69) is 0 Å². The molecule has 166 valence electrons. The van der Waals surface area contributed by atoms with Crippen molar-refractivity contribution in [1.82, 2.24) is 5.32 Å². The predicted octanol–water partition coefficient (Wildman–Crippen LogP) is 2.13. The minimum atomic E-state index is -4.20. The number of hydrogen-bond acceptors (Lipinski definition) is 7. The van der Waals surface area contributed by atoms with Gasteiger partial charge in [-0.15, -0.1) is 0 Å². The van der Waals surface area contributed by atoms with Crippen LogP contribution in [-0.4, -0.2) is 39.2 Å². The van der Waals surface area contributed by atoms with Gasteiger partial charge < -0.3 is 18.6 Å². The highest BCUT2D eigenvalue weighted by molar-refractivity contribution is 6.65. The van der Waals surface area contributed by atoms with Gasteiger partial charge in [0.1, 0.15) is 5.56 Å². The van der Waals surface area contributed by atoms with Crippen LogP contribution in [-0.2, 0) is 27.7 Å². The molecule has 1 aromatic carbocycles. The Morgan fingerprint density at radius 3 is 1.47 bits per heavy atom. The zero-order valence-corrected chi connectivity index (χ0v) is 16.9. The van der Waals surface area contributed by atoms with Gasteiger partial charge in [0, 0.05) is 27.3 Å². The fourth-order valence-corrected chi connectivity index (χ4v) is 4.63. The van der Waals surface area contributed by atoms with Crippen molar-refractivity contribution in [1.29, 1.82) is 0 Å². The van der Waals surface area contributed by atoms with Gasteiger partial charge in [-0.2, -0.15) is 0 Å². The summed E-state index contributed by atoms with van der Waals surface area (Å²) in [5.41, 5.74) is -1.69.